The van der Waals surface area contributed by atoms with Crippen molar-refractivity contribution in [2.45, 2.75) is 31.8 Å². The largest absolute Gasteiger partial charge is 0.388 e. The Bertz CT molecular complexity index is 539. The Morgan fingerprint density at radius 2 is 2.00 bits per heavy atom. The summed E-state index contributed by atoms with van der Waals surface area (Å²) in [5, 5.41) is 16.8. The summed E-state index contributed by atoms with van der Waals surface area (Å²) in [5.41, 5.74) is 1.96. The third kappa shape index (κ3) is 4.41. The van der Waals surface area contributed by atoms with Gasteiger partial charge in [0, 0.05) is 6.54 Å². The summed E-state index contributed by atoms with van der Waals surface area (Å²) in [7, 11) is 0. The summed E-state index contributed by atoms with van der Waals surface area (Å²) in [6.45, 7) is 2.50. The lowest BCUT2D eigenvalue weighted by Crippen LogP contribution is -2.30. The highest BCUT2D eigenvalue weighted by Crippen LogP contribution is 2.20. The van der Waals surface area contributed by atoms with Crippen LogP contribution in [0.3, 0.4) is 0 Å². The van der Waals surface area contributed by atoms with Gasteiger partial charge in [-0.25, -0.2) is 0 Å². The number of thiophene rings is 1. The van der Waals surface area contributed by atoms with E-state index in [2.05, 4.69) is 5.32 Å². The van der Waals surface area contributed by atoms with Gasteiger partial charge in [0.25, 0.3) is 0 Å². The van der Waals surface area contributed by atoms with Gasteiger partial charge in [-0.3, -0.25) is 4.79 Å². The van der Waals surface area contributed by atoms with Crippen molar-refractivity contribution in [3.05, 3.63) is 58.3 Å². The molecule has 0 fully saturated rings. The van der Waals surface area contributed by atoms with Crippen LogP contribution in [0.1, 0.15) is 42.9 Å². The van der Waals surface area contributed by atoms with Crippen molar-refractivity contribution in [1.82, 2.24) is 5.32 Å². The molecule has 0 saturated carbocycles. The van der Waals surface area contributed by atoms with Crippen molar-refractivity contribution in [3.63, 3.8) is 0 Å². The summed E-state index contributed by atoms with van der Waals surface area (Å²) in [6.07, 6.45) is 0.796. The van der Waals surface area contributed by atoms with Crippen molar-refractivity contribution in [1.29, 1.82) is 0 Å². The van der Waals surface area contributed by atoms with Crippen LogP contribution in [0.5, 0.6) is 0 Å². The van der Waals surface area contributed by atoms with E-state index in [9.17, 15) is 9.90 Å². The Labute approximate surface area is 129 Å². The Hall–Kier alpha value is -1.65. The second kappa shape index (κ2) is 7.96. The van der Waals surface area contributed by atoms with Crippen molar-refractivity contribution < 1.29 is 9.90 Å². The van der Waals surface area contributed by atoms with E-state index >= 15 is 0 Å². The fraction of sp³-hybridized carbons (Fsp3) is 0.353. The Morgan fingerprint density at radius 3 is 2.62 bits per heavy atom. The first-order chi connectivity index (χ1) is 10.2. The SMILES string of the molecule is CCC(C(=O)NCCC(O)c1ccsc1)c1ccccc1. The van der Waals surface area contributed by atoms with E-state index in [0.29, 0.717) is 13.0 Å². The second-order valence-corrected chi connectivity index (χ2v) is 5.80. The average Bonchev–Trinajstić information content (AvgIpc) is 3.03. The third-order valence-electron chi connectivity index (χ3n) is 3.57. The molecule has 0 radical (unpaired) electrons. The topological polar surface area (TPSA) is 49.3 Å². The molecule has 2 atom stereocenters. The normalized spacial score (nSPS) is 13.6. The maximum absolute atomic E-state index is 12.3. The first-order valence-corrected chi connectivity index (χ1v) is 8.19. The van der Waals surface area contributed by atoms with E-state index in [-0.39, 0.29) is 11.8 Å². The van der Waals surface area contributed by atoms with Crippen LogP contribution in [0.2, 0.25) is 0 Å². The van der Waals surface area contributed by atoms with Gasteiger partial charge < -0.3 is 10.4 Å². The molecule has 1 heterocycles. The van der Waals surface area contributed by atoms with Crippen molar-refractivity contribution in [2.75, 3.05) is 6.54 Å². The summed E-state index contributed by atoms with van der Waals surface area (Å²) in [6, 6.07) is 11.7. The fourth-order valence-corrected chi connectivity index (χ4v) is 3.05. The number of hydrogen-bond donors (Lipinski definition) is 2. The number of benzene rings is 1. The highest BCUT2D eigenvalue weighted by Gasteiger charge is 2.18. The van der Waals surface area contributed by atoms with E-state index in [1.54, 1.807) is 11.3 Å². The van der Waals surface area contributed by atoms with Gasteiger partial charge >= 0.3 is 0 Å². The molecule has 4 heteroatoms. The van der Waals surface area contributed by atoms with Gasteiger partial charge in [-0.15, -0.1) is 0 Å². The molecule has 2 rings (SSSR count). The second-order valence-electron chi connectivity index (χ2n) is 5.02. The Morgan fingerprint density at radius 1 is 1.24 bits per heavy atom. The molecule has 0 aliphatic carbocycles. The minimum absolute atomic E-state index is 0.0289. The Kier molecular flexibility index (Phi) is 5.96. The van der Waals surface area contributed by atoms with Crippen LogP contribution >= 0.6 is 11.3 Å². The van der Waals surface area contributed by atoms with E-state index in [1.165, 1.54) is 0 Å². The highest BCUT2D eigenvalue weighted by atomic mass is 32.1. The molecule has 0 aliphatic heterocycles. The smallest absolute Gasteiger partial charge is 0.227 e. The van der Waals surface area contributed by atoms with E-state index in [1.807, 2.05) is 54.1 Å². The maximum Gasteiger partial charge on any atom is 0.227 e. The van der Waals surface area contributed by atoms with Crippen LogP contribution < -0.4 is 5.32 Å². The summed E-state index contributed by atoms with van der Waals surface area (Å²) in [5.74, 6) is -0.0919. The monoisotopic (exact) mass is 303 g/mol. The van der Waals surface area contributed by atoms with Gasteiger partial charge in [-0.05, 0) is 40.8 Å². The molecule has 3 nitrogen and oxygen atoms in total. The number of amides is 1. The first kappa shape index (κ1) is 15.7. The van der Waals surface area contributed by atoms with E-state index in [0.717, 1.165) is 17.5 Å². The number of aliphatic hydroxyl groups excluding tert-OH is 1. The molecule has 112 valence electrons. The molecule has 1 amide bonds. The standard InChI is InChI=1S/C17H21NO2S/c1-2-15(13-6-4-3-5-7-13)17(20)18-10-8-16(19)14-9-11-21-12-14/h3-7,9,11-12,15-16,19H,2,8,10H2,1H3,(H,18,20). The molecule has 2 N–H and O–H groups in total. The van der Waals surface area contributed by atoms with Crippen LogP contribution in [0.15, 0.2) is 47.2 Å². The van der Waals surface area contributed by atoms with Gasteiger partial charge in [-0.2, -0.15) is 11.3 Å². The number of aliphatic hydroxyl groups is 1. The minimum atomic E-state index is -0.506. The molecule has 0 aliphatic rings. The number of hydrogen-bond acceptors (Lipinski definition) is 3. The number of rotatable bonds is 7. The molecule has 0 spiro atoms. The number of carbonyl (C=O) groups is 1. The molecule has 1 aromatic carbocycles. The van der Waals surface area contributed by atoms with Crippen LogP contribution in [-0.4, -0.2) is 17.6 Å². The Balaban J connectivity index is 1.83. The molecule has 0 bridgehead atoms. The zero-order valence-corrected chi connectivity index (χ0v) is 13.0. The van der Waals surface area contributed by atoms with E-state index < -0.39 is 6.10 Å². The lowest BCUT2D eigenvalue weighted by atomic mass is 9.95. The molecule has 2 unspecified atom stereocenters. The van der Waals surface area contributed by atoms with Gasteiger partial charge in [0.05, 0.1) is 12.0 Å². The van der Waals surface area contributed by atoms with Gasteiger partial charge in [0.2, 0.25) is 5.91 Å². The van der Waals surface area contributed by atoms with Crippen LogP contribution in [0.4, 0.5) is 0 Å². The van der Waals surface area contributed by atoms with Gasteiger partial charge in [0.1, 0.15) is 0 Å². The molecule has 0 saturated heterocycles. The maximum atomic E-state index is 12.3. The average molecular weight is 303 g/mol. The first-order valence-electron chi connectivity index (χ1n) is 7.25. The summed E-state index contributed by atoms with van der Waals surface area (Å²) >= 11 is 1.57. The molecule has 1 aromatic heterocycles. The van der Waals surface area contributed by atoms with Crippen molar-refractivity contribution in [2.24, 2.45) is 0 Å². The highest BCUT2D eigenvalue weighted by molar-refractivity contribution is 7.07. The molecular weight excluding hydrogens is 282 g/mol. The lowest BCUT2D eigenvalue weighted by Gasteiger charge is -2.16. The predicted octanol–water partition coefficient (Wildman–Crippen LogP) is 3.48. The van der Waals surface area contributed by atoms with E-state index in [4.69, 9.17) is 0 Å². The van der Waals surface area contributed by atoms with Crippen LogP contribution in [0, 0.1) is 0 Å². The predicted molar refractivity (Wildman–Crippen MR) is 86.4 cm³/mol. The minimum Gasteiger partial charge on any atom is -0.388 e. The molecular formula is C17H21NO2S. The lowest BCUT2D eigenvalue weighted by molar-refractivity contribution is -0.122. The number of carbonyl (C=O) groups excluding carboxylic acids is 1. The van der Waals surface area contributed by atoms with Gasteiger partial charge in [0.15, 0.2) is 0 Å². The quantitative estimate of drug-likeness (QED) is 0.822. The fourth-order valence-electron chi connectivity index (χ4n) is 2.34. The van der Waals surface area contributed by atoms with Crippen molar-refractivity contribution in [3.8, 4) is 0 Å². The summed E-state index contributed by atoms with van der Waals surface area (Å²) in [4.78, 5) is 12.3. The van der Waals surface area contributed by atoms with Gasteiger partial charge in [-0.1, -0.05) is 37.3 Å². The zero-order valence-electron chi connectivity index (χ0n) is 12.2. The van der Waals surface area contributed by atoms with Crippen LogP contribution in [0.25, 0.3) is 0 Å². The van der Waals surface area contributed by atoms with Crippen molar-refractivity contribution >= 4 is 17.2 Å². The summed E-state index contributed by atoms with van der Waals surface area (Å²) < 4.78 is 0. The van der Waals surface area contributed by atoms with Crippen LogP contribution in [-0.2, 0) is 4.79 Å². The molecule has 21 heavy (non-hydrogen) atoms. The molecule has 2 aromatic rings. The third-order valence-corrected chi connectivity index (χ3v) is 4.27. The zero-order chi connectivity index (χ0) is 15.1. The number of nitrogens with one attached hydrogen (secondary N) is 1.